The zero-order valence-electron chi connectivity index (χ0n) is 17.2. The van der Waals surface area contributed by atoms with Gasteiger partial charge in [-0.1, -0.05) is 17.7 Å². The first kappa shape index (κ1) is 20.7. The Bertz CT molecular complexity index is 1120. The molecular weight excluding hydrogens is 404 g/mol. The molecule has 0 unspecified atom stereocenters. The van der Waals surface area contributed by atoms with Crippen LogP contribution in [0.25, 0.3) is 0 Å². The van der Waals surface area contributed by atoms with Crippen molar-refractivity contribution < 1.29 is 13.2 Å². The lowest BCUT2D eigenvalue weighted by Crippen LogP contribution is -2.41. The average molecular weight is 431 g/mol. The molecule has 8 nitrogen and oxygen atoms in total. The Morgan fingerprint density at radius 1 is 1.20 bits per heavy atom. The number of hydrogen-bond donors (Lipinski definition) is 1. The summed E-state index contributed by atoms with van der Waals surface area (Å²) in [5, 5.41) is 0. The summed E-state index contributed by atoms with van der Waals surface area (Å²) in [6.07, 6.45) is 3.24. The van der Waals surface area contributed by atoms with Crippen LogP contribution in [0.2, 0.25) is 0 Å². The number of fused-ring (bicyclic) bond motifs is 1. The van der Waals surface area contributed by atoms with Crippen molar-refractivity contribution in [3.05, 3.63) is 62.8 Å². The summed E-state index contributed by atoms with van der Waals surface area (Å²) in [6, 6.07) is 7.54. The van der Waals surface area contributed by atoms with Crippen LogP contribution in [-0.4, -0.2) is 59.4 Å². The minimum atomic E-state index is -3.35. The maximum Gasteiger partial charge on any atom is 0.255 e. The van der Waals surface area contributed by atoms with Gasteiger partial charge in [-0.25, -0.2) is 13.4 Å². The molecule has 1 saturated heterocycles. The summed E-state index contributed by atoms with van der Waals surface area (Å²) < 4.78 is 24.9. The lowest BCUT2D eigenvalue weighted by atomic mass is 9.95. The molecule has 0 aliphatic carbocycles. The third-order valence-corrected chi connectivity index (χ3v) is 7.16. The summed E-state index contributed by atoms with van der Waals surface area (Å²) in [5.74, 6) is 0.538. The fourth-order valence-corrected chi connectivity index (χ4v) is 4.95. The van der Waals surface area contributed by atoms with Crippen LogP contribution in [-0.2, 0) is 23.0 Å². The summed E-state index contributed by atoms with van der Waals surface area (Å²) in [7, 11) is -3.35. The Labute approximate surface area is 176 Å². The monoisotopic (exact) mass is 430 g/mol. The number of hydrogen-bond acceptors (Lipinski definition) is 5. The zero-order chi connectivity index (χ0) is 21.5. The smallest absolute Gasteiger partial charge is 0.255 e. The van der Waals surface area contributed by atoms with Gasteiger partial charge < -0.3 is 9.88 Å². The van der Waals surface area contributed by atoms with E-state index >= 15 is 0 Å². The van der Waals surface area contributed by atoms with E-state index in [1.807, 2.05) is 36.1 Å². The molecule has 1 fully saturated rings. The van der Waals surface area contributed by atoms with E-state index in [9.17, 15) is 18.0 Å². The molecule has 30 heavy (non-hydrogen) atoms. The van der Waals surface area contributed by atoms with Crippen molar-refractivity contribution in [3.8, 4) is 0 Å². The number of piperidine rings is 1. The van der Waals surface area contributed by atoms with E-state index < -0.39 is 10.0 Å². The molecule has 1 atom stereocenters. The van der Waals surface area contributed by atoms with Gasteiger partial charge in [0.25, 0.3) is 11.5 Å². The van der Waals surface area contributed by atoms with Gasteiger partial charge in [0, 0.05) is 44.1 Å². The molecule has 160 valence electrons. The molecule has 2 aromatic rings. The van der Waals surface area contributed by atoms with Crippen molar-refractivity contribution in [2.75, 3.05) is 25.9 Å². The highest BCUT2D eigenvalue weighted by Crippen LogP contribution is 2.26. The number of nitrogens with one attached hydrogen (secondary N) is 1. The van der Waals surface area contributed by atoms with Gasteiger partial charge in [-0.15, -0.1) is 0 Å². The first-order valence-electron chi connectivity index (χ1n) is 10.2. The number of likely N-dealkylation sites (tertiary alicyclic amines) is 1. The number of rotatable bonds is 3. The number of aryl methyl sites for hydroxylation is 1. The maximum absolute atomic E-state index is 12.9. The van der Waals surface area contributed by atoms with Crippen LogP contribution < -0.4 is 5.56 Å². The molecule has 2 aliphatic rings. The van der Waals surface area contributed by atoms with E-state index in [1.54, 1.807) is 0 Å². The van der Waals surface area contributed by atoms with E-state index in [2.05, 4.69) is 9.97 Å². The highest BCUT2D eigenvalue weighted by molar-refractivity contribution is 7.88. The number of benzene rings is 1. The van der Waals surface area contributed by atoms with Crippen LogP contribution >= 0.6 is 0 Å². The van der Waals surface area contributed by atoms with Gasteiger partial charge in [0.1, 0.15) is 5.82 Å². The fraction of sp³-hybridized carbons (Fsp3) is 0.476. The predicted molar refractivity (Wildman–Crippen MR) is 113 cm³/mol. The number of H-pyrrole nitrogens is 1. The Balaban J connectivity index is 1.54. The van der Waals surface area contributed by atoms with Crippen molar-refractivity contribution in [2.45, 2.75) is 38.6 Å². The normalized spacial score (nSPS) is 20.1. The highest BCUT2D eigenvalue weighted by Gasteiger charge is 2.30. The molecule has 4 rings (SSSR count). The van der Waals surface area contributed by atoms with E-state index in [-0.39, 0.29) is 23.9 Å². The van der Waals surface area contributed by atoms with Crippen LogP contribution in [0.15, 0.2) is 29.1 Å². The average Bonchev–Trinajstić information content (AvgIpc) is 2.73. The first-order valence-corrected chi connectivity index (χ1v) is 12.0. The van der Waals surface area contributed by atoms with Gasteiger partial charge in [0.05, 0.1) is 17.5 Å². The minimum absolute atomic E-state index is 0.0104. The number of amides is 1. The summed E-state index contributed by atoms with van der Waals surface area (Å²) in [5.41, 5.74) is 2.56. The van der Waals surface area contributed by atoms with Gasteiger partial charge >= 0.3 is 0 Å². The van der Waals surface area contributed by atoms with Crippen molar-refractivity contribution in [1.29, 1.82) is 0 Å². The molecule has 3 heterocycles. The number of carbonyl (C=O) groups is 1. The van der Waals surface area contributed by atoms with Crippen molar-refractivity contribution >= 4 is 15.9 Å². The molecule has 9 heteroatoms. The van der Waals surface area contributed by atoms with Crippen LogP contribution in [0.3, 0.4) is 0 Å². The number of carbonyl (C=O) groups excluding carboxylic acids is 1. The van der Waals surface area contributed by atoms with E-state index in [1.165, 1.54) is 4.31 Å². The Morgan fingerprint density at radius 2 is 1.93 bits per heavy atom. The number of aromatic amines is 1. The summed E-state index contributed by atoms with van der Waals surface area (Å²) >= 11 is 0. The second kappa shape index (κ2) is 7.96. The van der Waals surface area contributed by atoms with Gasteiger partial charge in [-0.3, -0.25) is 9.59 Å². The Morgan fingerprint density at radius 3 is 2.63 bits per heavy atom. The molecule has 1 aromatic carbocycles. The van der Waals surface area contributed by atoms with E-state index in [0.29, 0.717) is 48.7 Å². The topological polar surface area (TPSA) is 103 Å². The number of aromatic nitrogens is 2. The molecular formula is C21H26N4O4S. The van der Waals surface area contributed by atoms with E-state index in [0.717, 1.165) is 24.7 Å². The summed E-state index contributed by atoms with van der Waals surface area (Å²) in [6.45, 7) is 3.55. The number of sulfonamides is 1. The van der Waals surface area contributed by atoms with Crippen LogP contribution in [0.5, 0.6) is 0 Å². The van der Waals surface area contributed by atoms with Crippen LogP contribution in [0.1, 0.15) is 51.8 Å². The third-order valence-electron chi connectivity index (χ3n) is 5.91. The van der Waals surface area contributed by atoms with Gasteiger partial charge in [-0.05, 0) is 31.9 Å². The van der Waals surface area contributed by atoms with Crippen LogP contribution in [0, 0.1) is 6.92 Å². The SMILES string of the molecule is Cc1ccc(C(=O)N2CCC[C@H](c3nc4c(c(=O)[nH]3)CN(S(C)(=O)=O)CC4)C2)cc1. The molecule has 1 amide bonds. The van der Waals surface area contributed by atoms with E-state index in [4.69, 9.17) is 0 Å². The molecule has 0 spiro atoms. The van der Waals surface area contributed by atoms with Gasteiger partial charge in [-0.2, -0.15) is 4.31 Å². The first-order chi connectivity index (χ1) is 14.2. The van der Waals surface area contributed by atoms with Crippen LogP contribution in [0.4, 0.5) is 0 Å². The molecule has 1 aromatic heterocycles. The lowest BCUT2D eigenvalue weighted by Gasteiger charge is -2.33. The van der Waals surface area contributed by atoms with Crippen molar-refractivity contribution in [1.82, 2.24) is 19.2 Å². The van der Waals surface area contributed by atoms with Crippen molar-refractivity contribution in [2.24, 2.45) is 0 Å². The maximum atomic E-state index is 12.9. The largest absolute Gasteiger partial charge is 0.338 e. The third kappa shape index (κ3) is 4.17. The van der Waals surface area contributed by atoms with Gasteiger partial charge in [0.2, 0.25) is 10.0 Å². The quantitative estimate of drug-likeness (QED) is 0.793. The predicted octanol–water partition coefficient (Wildman–Crippen LogP) is 1.42. The minimum Gasteiger partial charge on any atom is -0.338 e. The standard InChI is InChI=1S/C21H26N4O4S/c1-14-5-7-15(8-6-14)21(27)24-10-3-4-16(12-24)19-22-18-9-11-25(30(2,28)29)13-17(18)20(26)23-19/h5-8,16H,3-4,9-13H2,1-2H3,(H,22,23,26)/t16-/m0/s1. The second-order valence-corrected chi connectivity index (χ2v) is 10.2. The highest BCUT2D eigenvalue weighted by atomic mass is 32.2. The fourth-order valence-electron chi connectivity index (χ4n) is 4.16. The molecule has 2 aliphatic heterocycles. The molecule has 0 radical (unpaired) electrons. The molecule has 0 saturated carbocycles. The molecule has 0 bridgehead atoms. The number of nitrogens with zero attached hydrogens (tertiary/aromatic N) is 3. The van der Waals surface area contributed by atoms with Crippen molar-refractivity contribution in [3.63, 3.8) is 0 Å². The lowest BCUT2D eigenvalue weighted by molar-refractivity contribution is 0.0704. The zero-order valence-corrected chi connectivity index (χ0v) is 18.0. The summed E-state index contributed by atoms with van der Waals surface area (Å²) in [4.78, 5) is 34.9. The second-order valence-electron chi connectivity index (χ2n) is 8.18. The Kier molecular flexibility index (Phi) is 5.50. The molecule has 1 N–H and O–H groups in total. The van der Waals surface area contributed by atoms with Gasteiger partial charge in [0.15, 0.2) is 0 Å². The Hall–Kier alpha value is -2.52.